The standard InChI is InChI=1S/C53H59N3O7/c1-6-21-62-51-38-10-8-12-40(51)30-44-32-46(55-53(60)54-20-23-61-5)33-45(50(44)59)31-41-13-9-11-39(52(41)63-22-7-2)29-43-27-35(26-42(28-38)49(43)58)25-37-17-16-36(48(37)57)24-34-14-18-47(19-15-34)56(3)4/h8-15,18-19,24-27,32-33,58-59H,6-7,16-17,20-23,28-31H2,1-5H3,(H2,54,55,60)/b36-24+,37-25-. The summed E-state index contributed by atoms with van der Waals surface area (Å²) in [7, 11) is 5.60. The molecule has 0 spiro atoms. The number of nitrogens with zero attached hydrogens (tertiary/aromatic N) is 1. The summed E-state index contributed by atoms with van der Waals surface area (Å²) in [4.78, 5) is 29.0. The quantitative estimate of drug-likeness (QED) is 0.0514. The SMILES string of the molecule is CCCOc1c2cccc1Cc1cc(NC(=O)NCCOC)cc(c1O)Cc1cccc(c1OCCC)Cc1cc(/C=C3/CC/C(=C\c4ccc(N(C)C)cc4)C3=O)cc(c1O)C2. The van der Waals surface area contributed by atoms with Crippen LogP contribution in [0.1, 0.15) is 95.2 Å². The maximum atomic E-state index is 13.9. The molecule has 2 amide bonds. The van der Waals surface area contributed by atoms with Crippen molar-refractivity contribution < 1.29 is 34.0 Å². The summed E-state index contributed by atoms with van der Waals surface area (Å²) >= 11 is 0. The Morgan fingerprint density at radius 3 is 1.56 bits per heavy atom. The zero-order valence-electron chi connectivity index (χ0n) is 37.1. The first-order valence-electron chi connectivity index (χ1n) is 22.0. The molecule has 5 aromatic rings. The number of hydrogen-bond acceptors (Lipinski definition) is 8. The number of urea groups is 1. The highest BCUT2D eigenvalue weighted by Crippen LogP contribution is 2.40. The normalized spacial score (nSPS) is 14.8. The highest BCUT2D eigenvalue weighted by Gasteiger charge is 2.25. The molecule has 0 radical (unpaired) electrons. The van der Waals surface area contributed by atoms with Gasteiger partial charge in [-0.15, -0.1) is 0 Å². The number of carbonyl (C=O) groups is 2. The molecule has 1 saturated carbocycles. The van der Waals surface area contributed by atoms with Crippen LogP contribution >= 0.6 is 0 Å². The van der Waals surface area contributed by atoms with E-state index in [1.165, 1.54) is 0 Å². The maximum Gasteiger partial charge on any atom is 0.319 e. The monoisotopic (exact) mass is 849 g/mol. The number of anilines is 2. The Hall–Kier alpha value is -6.52. The summed E-state index contributed by atoms with van der Waals surface area (Å²) < 4.78 is 18.1. The Morgan fingerprint density at radius 2 is 1.11 bits per heavy atom. The summed E-state index contributed by atoms with van der Waals surface area (Å²) in [5.41, 5.74) is 11.1. The number of methoxy groups -OCH3 is 1. The fourth-order valence-corrected chi connectivity index (χ4v) is 8.37. The van der Waals surface area contributed by atoms with Crippen molar-refractivity contribution in [2.24, 2.45) is 0 Å². The molecule has 0 aliphatic heterocycles. The molecule has 328 valence electrons. The number of ketones is 1. The van der Waals surface area contributed by atoms with Gasteiger partial charge in [-0.2, -0.15) is 0 Å². The number of rotatable bonds is 13. The van der Waals surface area contributed by atoms with Crippen LogP contribution in [0.4, 0.5) is 16.2 Å². The van der Waals surface area contributed by atoms with Crippen molar-refractivity contribution in [1.82, 2.24) is 5.32 Å². The average molecular weight is 850 g/mol. The minimum Gasteiger partial charge on any atom is -0.507 e. The largest absolute Gasteiger partial charge is 0.507 e. The Morgan fingerprint density at radius 1 is 0.651 bits per heavy atom. The summed E-state index contributed by atoms with van der Waals surface area (Å²) in [5, 5.41) is 30.0. The smallest absolute Gasteiger partial charge is 0.319 e. The van der Waals surface area contributed by atoms with Crippen molar-refractivity contribution >= 4 is 35.3 Å². The van der Waals surface area contributed by atoms with Crippen LogP contribution in [0.5, 0.6) is 23.0 Å². The fourth-order valence-electron chi connectivity index (χ4n) is 8.37. The van der Waals surface area contributed by atoms with Crippen molar-refractivity contribution in [3.63, 3.8) is 0 Å². The van der Waals surface area contributed by atoms with E-state index < -0.39 is 0 Å². The van der Waals surface area contributed by atoms with Gasteiger partial charge in [-0.1, -0.05) is 62.4 Å². The van der Waals surface area contributed by atoms with Gasteiger partial charge in [0.2, 0.25) is 0 Å². The van der Waals surface area contributed by atoms with Gasteiger partial charge in [0, 0.05) is 87.1 Å². The fraction of sp³-hybridized carbons (Fsp3) is 0.321. The number of aromatic hydroxyl groups is 2. The highest BCUT2D eigenvalue weighted by molar-refractivity contribution is 6.15. The molecule has 0 saturated heterocycles. The third kappa shape index (κ3) is 10.8. The number of fused-ring (bicyclic) bond motifs is 8. The van der Waals surface area contributed by atoms with Gasteiger partial charge < -0.3 is 40.0 Å². The second-order valence-corrected chi connectivity index (χ2v) is 16.6. The van der Waals surface area contributed by atoms with Gasteiger partial charge in [-0.05, 0) is 119 Å². The molecular formula is C53H59N3O7. The molecule has 63 heavy (non-hydrogen) atoms. The van der Waals surface area contributed by atoms with Gasteiger partial charge in [0.25, 0.3) is 0 Å². The summed E-state index contributed by atoms with van der Waals surface area (Å²) in [5.74, 6) is 1.73. The lowest BCUT2D eigenvalue weighted by molar-refractivity contribution is -0.111. The summed E-state index contributed by atoms with van der Waals surface area (Å²) in [6.07, 6.45) is 8.16. The van der Waals surface area contributed by atoms with Gasteiger partial charge in [0.05, 0.1) is 19.8 Å². The Balaban J connectivity index is 1.34. The third-order valence-electron chi connectivity index (χ3n) is 11.5. The number of amides is 2. The summed E-state index contributed by atoms with van der Waals surface area (Å²) in [6.45, 7) is 5.77. The zero-order chi connectivity index (χ0) is 44.5. The number of para-hydroxylation sites is 2. The van der Waals surface area contributed by atoms with E-state index in [1.54, 1.807) is 19.2 Å². The minimum absolute atomic E-state index is 0.0414. The predicted molar refractivity (Wildman–Crippen MR) is 252 cm³/mol. The van der Waals surface area contributed by atoms with E-state index in [1.807, 2.05) is 86.9 Å². The van der Waals surface area contributed by atoms with E-state index in [9.17, 15) is 19.8 Å². The Bertz CT molecular complexity index is 2420. The average Bonchev–Trinajstić information content (AvgIpc) is 3.60. The number of benzene rings is 5. The highest BCUT2D eigenvalue weighted by atomic mass is 16.5. The minimum atomic E-state index is -0.379. The number of phenolic OH excluding ortho intramolecular Hbond substituents is 2. The molecule has 5 aromatic carbocycles. The number of carbonyl (C=O) groups excluding carboxylic acids is 2. The second kappa shape index (κ2) is 20.6. The molecule has 2 aliphatic rings. The zero-order valence-corrected chi connectivity index (χ0v) is 37.1. The van der Waals surface area contributed by atoms with Crippen LogP contribution in [0.2, 0.25) is 0 Å². The summed E-state index contributed by atoms with van der Waals surface area (Å²) in [6, 6.07) is 27.4. The predicted octanol–water partition coefficient (Wildman–Crippen LogP) is 10.0. The topological polar surface area (TPSA) is 130 Å². The lowest BCUT2D eigenvalue weighted by atomic mass is 9.90. The number of hydrogen-bond donors (Lipinski definition) is 4. The molecule has 7 rings (SSSR count). The molecule has 8 bridgehead atoms. The first-order chi connectivity index (χ1) is 30.5. The maximum absolute atomic E-state index is 13.9. The molecule has 10 nitrogen and oxygen atoms in total. The van der Waals surface area contributed by atoms with Crippen LogP contribution in [0.15, 0.2) is 96.1 Å². The number of allylic oxidation sites excluding steroid dienone is 2. The van der Waals surface area contributed by atoms with Crippen LogP contribution in [0.25, 0.3) is 12.2 Å². The molecule has 0 unspecified atom stereocenters. The van der Waals surface area contributed by atoms with Crippen molar-refractivity contribution in [2.75, 3.05) is 57.8 Å². The molecule has 1 fully saturated rings. The van der Waals surface area contributed by atoms with Crippen LogP contribution in [0.3, 0.4) is 0 Å². The van der Waals surface area contributed by atoms with Crippen LogP contribution in [0, 0.1) is 0 Å². The van der Waals surface area contributed by atoms with E-state index in [0.29, 0.717) is 104 Å². The lowest BCUT2D eigenvalue weighted by Crippen LogP contribution is -2.31. The molecule has 4 N–H and O–H groups in total. The number of phenols is 2. The van der Waals surface area contributed by atoms with E-state index >= 15 is 0 Å². The number of Topliss-reactive ketones (excluding diaryl/α,β-unsaturated/α-hetero) is 1. The van der Waals surface area contributed by atoms with Crippen LogP contribution in [-0.4, -0.2) is 69.6 Å². The number of nitrogens with one attached hydrogen (secondary N) is 2. The molecule has 10 heteroatoms. The third-order valence-corrected chi connectivity index (χ3v) is 11.5. The van der Waals surface area contributed by atoms with Gasteiger partial charge >= 0.3 is 6.03 Å². The molecule has 0 aromatic heterocycles. The van der Waals surface area contributed by atoms with E-state index in [2.05, 4.69) is 41.5 Å². The van der Waals surface area contributed by atoms with Gasteiger partial charge in [0.15, 0.2) is 5.78 Å². The van der Waals surface area contributed by atoms with Crippen LogP contribution in [-0.2, 0) is 35.2 Å². The van der Waals surface area contributed by atoms with Crippen molar-refractivity contribution in [1.29, 1.82) is 0 Å². The Kier molecular flexibility index (Phi) is 14.5. The van der Waals surface area contributed by atoms with E-state index in [-0.39, 0.29) is 23.3 Å². The van der Waals surface area contributed by atoms with Crippen LogP contribution < -0.4 is 25.0 Å². The Labute approximate surface area is 371 Å². The van der Waals surface area contributed by atoms with Crippen molar-refractivity contribution in [3.8, 4) is 23.0 Å². The first-order valence-corrected chi connectivity index (χ1v) is 22.0. The first kappa shape index (κ1) is 44.5. The molecule has 2 aliphatic carbocycles. The van der Waals surface area contributed by atoms with Crippen molar-refractivity contribution in [2.45, 2.75) is 65.2 Å². The van der Waals surface area contributed by atoms with Gasteiger partial charge in [-0.3, -0.25) is 4.79 Å². The molecule has 0 atom stereocenters. The second-order valence-electron chi connectivity index (χ2n) is 16.6. The van der Waals surface area contributed by atoms with Gasteiger partial charge in [-0.25, -0.2) is 4.79 Å². The van der Waals surface area contributed by atoms with E-state index in [0.717, 1.165) is 63.1 Å². The molecular weight excluding hydrogens is 791 g/mol. The number of ether oxygens (including phenoxy) is 3. The van der Waals surface area contributed by atoms with E-state index in [4.69, 9.17) is 14.2 Å². The molecule has 0 heterocycles. The van der Waals surface area contributed by atoms with Gasteiger partial charge in [0.1, 0.15) is 23.0 Å². The van der Waals surface area contributed by atoms with Crippen molar-refractivity contribution in [3.05, 3.63) is 152 Å². The lowest BCUT2D eigenvalue weighted by Gasteiger charge is -2.21.